The van der Waals surface area contributed by atoms with Gasteiger partial charge in [-0.15, -0.1) is 0 Å². The molecule has 0 aliphatic heterocycles. The first-order valence-corrected chi connectivity index (χ1v) is 3.63. The Kier molecular flexibility index (Phi) is 4.67. The largest absolute Gasteiger partial charge is 0.344 e. The summed E-state index contributed by atoms with van der Waals surface area (Å²) >= 11 is 0. The van der Waals surface area contributed by atoms with Gasteiger partial charge in [-0.05, 0) is 17.7 Å². The Morgan fingerprint density at radius 2 is 1.92 bits per heavy atom. The summed E-state index contributed by atoms with van der Waals surface area (Å²) in [6, 6.07) is 7.86. The third-order valence-corrected chi connectivity index (χ3v) is 1.66. The zero-order chi connectivity index (χ0) is 8.97. The predicted octanol–water partition coefficient (Wildman–Crippen LogP) is 1.55. The first-order chi connectivity index (χ1) is 5.77. The summed E-state index contributed by atoms with van der Waals surface area (Å²) in [5.74, 6) is -0.627. The molecule has 5 N–H and O–H groups in total. The van der Waals surface area contributed by atoms with Gasteiger partial charge in [-0.25, -0.2) is 4.39 Å². The molecule has 0 aliphatic rings. The second-order valence-corrected chi connectivity index (χ2v) is 2.47. The van der Waals surface area contributed by atoms with Gasteiger partial charge in [0, 0.05) is 6.54 Å². The van der Waals surface area contributed by atoms with E-state index in [1.807, 2.05) is 6.07 Å². The van der Waals surface area contributed by atoms with E-state index in [2.05, 4.69) is 0 Å². The number of hydrogen-bond donors (Lipinski definition) is 2. The molecule has 0 aromatic heterocycles. The Hall–Kier alpha value is -1.44. The van der Waals surface area contributed by atoms with Crippen LogP contribution in [-0.4, -0.2) is 6.54 Å². The van der Waals surface area contributed by atoms with E-state index in [4.69, 9.17) is 11.0 Å². The van der Waals surface area contributed by atoms with E-state index in [0.29, 0.717) is 0 Å². The molecule has 0 heterocycles. The van der Waals surface area contributed by atoms with Crippen molar-refractivity contribution in [3.63, 3.8) is 0 Å². The molecule has 0 aliphatic carbocycles. The topological polar surface area (TPSA) is 84.8 Å². The number of hydrogen-bond acceptors (Lipinski definition) is 3. The molecule has 0 radical (unpaired) electrons. The zero-order valence-electron chi connectivity index (χ0n) is 7.20. The number of nitrogens with zero attached hydrogens (tertiary/aromatic N) is 1. The van der Waals surface area contributed by atoms with Crippen molar-refractivity contribution in [2.45, 2.75) is 5.92 Å². The van der Waals surface area contributed by atoms with Crippen molar-refractivity contribution in [3.8, 4) is 6.07 Å². The van der Waals surface area contributed by atoms with Crippen molar-refractivity contribution < 1.29 is 4.39 Å². The molecule has 4 heteroatoms. The Balaban J connectivity index is 0.00000144. The van der Waals surface area contributed by atoms with Crippen molar-refractivity contribution in [2.75, 3.05) is 6.54 Å². The number of rotatable bonds is 2. The molecule has 1 rings (SSSR count). The third-order valence-electron chi connectivity index (χ3n) is 1.66. The third kappa shape index (κ3) is 2.82. The maximum atomic E-state index is 12.4. The van der Waals surface area contributed by atoms with Crippen molar-refractivity contribution in [3.05, 3.63) is 35.6 Å². The van der Waals surface area contributed by atoms with Gasteiger partial charge in [0.2, 0.25) is 0 Å². The SMILES string of the molecule is N.N#CC(CN)c1ccc(F)cc1. The van der Waals surface area contributed by atoms with Crippen LogP contribution in [0.1, 0.15) is 11.5 Å². The lowest BCUT2D eigenvalue weighted by molar-refractivity contribution is 0.626. The maximum Gasteiger partial charge on any atom is 0.123 e. The molecule has 0 saturated carbocycles. The highest BCUT2D eigenvalue weighted by atomic mass is 19.1. The van der Waals surface area contributed by atoms with Crippen LogP contribution in [0.4, 0.5) is 4.39 Å². The van der Waals surface area contributed by atoms with E-state index in [-0.39, 0.29) is 24.4 Å². The van der Waals surface area contributed by atoms with Crippen LogP contribution in [0.25, 0.3) is 0 Å². The summed E-state index contributed by atoms with van der Waals surface area (Å²) < 4.78 is 12.4. The normalized spacial score (nSPS) is 11.2. The quantitative estimate of drug-likeness (QED) is 0.725. The Bertz CT molecular complexity index is 289. The molecule has 3 nitrogen and oxygen atoms in total. The lowest BCUT2D eigenvalue weighted by Crippen LogP contribution is -2.10. The van der Waals surface area contributed by atoms with E-state index in [1.54, 1.807) is 12.1 Å². The molecule has 1 aromatic carbocycles. The van der Waals surface area contributed by atoms with Crippen LogP contribution < -0.4 is 11.9 Å². The van der Waals surface area contributed by atoms with Gasteiger partial charge >= 0.3 is 0 Å². The fourth-order valence-corrected chi connectivity index (χ4v) is 0.958. The monoisotopic (exact) mass is 181 g/mol. The van der Waals surface area contributed by atoms with Gasteiger partial charge in [0.05, 0.1) is 12.0 Å². The molecule has 0 bridgehead atoms. The average Bonchev–Trinajstić information content (AvgIpc) is 2.10. The number of nitrogens with two attached hydrogens (primary N) is 1. The molecule has 1 aromatic rings. The van der Waals surface area contributed by atoms with E-state index in [9.17, 15) is 4.39 Å². The second-order valence-electron chi connectivity index (χ2n) is 2.47. The van der Waals surface area contributed by atoms with Gasteiger partial charge in [0.1, 0.15) is 5.82 Å². The van der Waals surface area contributed by atoms with Gasteiger partial charge in [-0.3, -0.25) is 0 Å². The van der Waals surface area contributed by atoms with Gasteiger partial charge in [0.15, 0.2) is 0 Å². The Morgan fingerprint density at radius 3 is 2.31 bits per heavy atom. The van der Waals surface area contributed by atoms with E-state index < -0.39 is 0 Å². The number of halogens is 1. The van der Waals surface area contributed by atoms with Crippen LogP contribution in [0.3, 0.4) is 0 Å². The molecule has 1 unspecified atom stereocenters. The van der Waals surface area contributed by atoms with Gasteiger partial charge in [-0.2, -0.15) is 5.26 Å². The lowest BCUT2D eigenvalue weighted by atomic mass is 10.0. The van der Waals surface area contributed by atoms with Crippen molar-refractivity contribution in [1.82, 2.24) is 6.15 Å². The maximum absolute atomic E-state index is 12.4. The summed E-state index contributed by atoms with van der Waals surface area (Å²) in [4.78, 5) is 0. The van der Waals surface area contributed by atoms with Crippen LogP contribution in [0.5, 0.6) is 0 Å². The molecule has 0 fully saturated rings. The fourth-order valence-electron chi connectivity index (χ4n) is 0.958. The van der Waals surface area contributed by atoms with Crippen LogP contribution >= 0.6 is 0 Å². The summed E-state index contributed by atoms with van der Waals surface area (Å²) in [7, 11) is 0. The fraction of sp³-hybridized carbons (Fsp3) is 0.222. The first kappa shape index (κ1) is 11.6. The molecular formula is C9H12FN3. The standard InChI is InChI=1S/C9H9FN2.H3N/c10-9-3-1-7(2-4-9)8(5-11)6-12;/h1-4,8H,5,11H2;1H3. The van der Waals surface area contributed by atoms with E-state index in [0.717, 1.165) is 5.56 Å². The molecular weight excluding hydrogens is 169 g/mol. The second kappa shape index (κ2) is 5.25. The summed E-state index contributed by atoms with van der Waals surface area (Å²) in [6.45, 7) is 0.266. The number of nitriles is 1. The highest BCUT2D eigenvalue weighted by Crippen LogP contribution is 2.13. The molecule has 0 amide bonds. The lowest BCUT2D eigenvalue weighted by Gasteiger charge is -2.04. The average molecular weight is 181 g/mol. The highest BCUT2D eigenvalue weighted by Gasteiger charge is 2.06. The smallest absolute Gasteiger partial charge is 0.123 e. The van der Waals surface area contributed by atoms with Crippen LogP contribution in [0, 0.1) is 17.1 Å². The number of benzene rings is 1. The van der Waals surface area contributed by atoms with Crippen molar-refractivity contribution in [2.24, 2.45) is 5.73 Å². The van der Waals surface area contributed by atoms with Crippen molar-refractivity contribution in [1.29, 1.82) is 5.26 Å². The Labute approximate surface area is 76.6 Å². The molecule has 1 atom stereocenters. The van der Waals surface area contributed by atoms with Crippen molar-refractivity contribution >= 4 is 0 Å². The van der Waals surface area contributed by atoms with Gasteiger partial charge in [0.25, 0.3) is 0 Å². The first-order valence-electron chi connectivity index (χ1n) is 3.63. The van der Waals surface area contributed by atoms with E-state index in [1.165, 1.54) is 12.1 Å². The zero-order valence-corrected chi connectivity index (χ0v) is 7.20. The predicted molar refractivity (Wildman–Crippen MR) is 48.8 cm³/mol. The highest BCUT2D eigenvalue weighted by molar-refractivity contribution is 5.25. The summed E-state index contributed by atoms with van der Waals surface area (Å²) in [6.07, 6.45) is 0. The molecule has 0 spiro atoms. The van der Waals surface area contributed by atoms with E-state index >= 15 is 0 Å². The molecule has 70 valence electrons. The Morgan fingerprint density at radius 1 is 1.38 bits per heavy atom. The van der Waals surface area contributed by atoms with Gasteiger partial charge in [-0.1, -0.05) is 12.1 Å². The summed E-state index contributed by atoms with van der Waals surface area (Å²) in [5.41, 5.74) is 6.10. The van der Waals surface area contributed by atoms with Crippen LogP contribution in [0.2, 0.25) is 0 Å². The molecule has 0 saturated heterocycles. The minimum Gasteiger partial charge on any atom is -0.344 e. The minimum atomic E-state index is -0.328. The van der Waals surface area contributed by atoms with Gasteiger partial charge < -0.3 is 11.9 Å². The van der Waals surface area contributed by atoms with Crippen LogP contribution in [0.15, 0.2) is 24.3 Å². The minimum absolute atomic E-state index is 0. The van der Waals surface area contributed by atoms with Crippen LogP contribution in [-0.2, 0) is 0 Å². The molecule has 13 heavy (non-hydrogen) atoms. The summed E-state index contributed by atoms with van der Waals surface area (Å²) in [5, 5.41) is 8.63.